The van der Waals surface area contributed by atoms with Gasteiger partial charge in [-0.1, -0.05) is 41.9 Å². The van der Waals surface area contributed by atoms with E-state index in [2.05, 4.69) is 15.3 Å². The van der Waals surface area contributed by atoms with E-state index in [0.717, 1.165) is 22.5 Å². The Bertz CT molecular complexity index is 1070. The minimum atomic E-state index is -0.390. The van der Waals surface area contributed by atoms with Crippen LogP contribution in [0.1, 0.15) is 16.1 Å². The second kappa shape index (κ2) is 8.71. The molecule has 0 bridgehead atoms. The summed E-state index contributed by atoms with van der Waals surface area (Å²) in [6.07, 6.45) is 3.29. The molecule has 2 aromatic heterocycles. The largest absolute Gasteiger partial charge is 0.349 e. The predicted octanol–water partition coefficient (Wildman–Crippen LogP) is 3.56. The number of amides is 2. The number of aromatic amines is 1. The van der Waals surface area contributed by atoms with Gasteiger partial charge in [-0.2, -0.15) is 11.8 Å². The Morgan fingerprint density at radius 2 is 1.93 bits per heavy atom. The molecule has 1 aliphatic rings. The first-order chi connectivity index (χ1) is 14.1. The highest BCUT2D eigenvalue weighted by atomic mass is 35.5. The highest BCUT2D eigenvalue weighted by molar-refractivity contribution is 7.99. The van der Waals surface area contributed by atoms with Crippen LogP contribution in [0, 0.1) is 0 Å². The second-order valence-electron chi connectivity index (χ2n) is 6.60. The summed E-state index contributed by atoms with van der Waals surface area (Å²) in [6.45, 7) is 1.34. The number of H-pyrrole nitrogens is 1. The molecule has 1 saturated heterocycles. The molecular formula is C21H19ClN4O2S. The van der Waals surface area contributed by atoms with E-state index in [-0.39, 0.29) is 17.5 Å². The van der Waals surface area contributed by atoms with Crippen molar-refractivity contribution in [3.05, 3.63) is 70.8 Å². The molecule has 1 fully saturated rings. The molecule has 1 aromatic carbocycles. The third-order valence-corrected chi connectivity index (χ3v) is 5.75. The van der Waals surface area contributed by atoms with Crippen molar-refractivity contribution in [3.8, 4) is 0 Å². The molecule has 148 valence electrons. The lowest BCUT2D eigenvalue weighted by Gasteiger charge is -2.27. The molecule has 1 aliphatic heterocycles. The van der Waals surface area contributed by atoms with Gasteiger partial charge in [0.15, 0.2) is 0 Å². The van der Waals surface area contributed by atoms with Gasteiger partial charge in [-0.05, 0) is 23.8 Å². The first-order valence-electron chi connectivity index (χ1n) is 9.19. The fourth-order valence-corrected chi connectivity index (χ4v) is 4.19. The number of aromatic nitrogens is 2. The molecule has 0 atom stereocenters. The SMILES string of the molecule is O=C(NC(=Cc1ccccc1)C(=O)N1CCSCC1)c1cc2cc(Cl)ncc2[nH]1. The molecule has 0 spiro atoms. The van der Waals surface area contributed by atoms with Crippen molar-refractivity contribution >= 4 is 52.2 Å². The van der Waals surface area contributed by atoms with Gasteiger partial charge in [0.1, 0.15) is 16.5 Å². The van der Waals surface area contributed by atoms with E-state index in [1.165, 1.54) is 0 Å². The van der Waals surface area contributed by atoms with E-state index >= 15 is 0 Å². The smallest absolute Gasteiger partial charge is 0.272 e. The van der Waals surface area contributed by atoms with Crippen LogP contribution in [0.15, 0.2) is 54.4 Å². The molecule has 3 heterocycles. The Morgan fingerprint density at radius 1 is 1.17 bits per heavy atom. The van der Waals surface area contributed by atoms with Gasteiger partial charge in [0, 0.05) is 30.0 Å². The number of hydrogen-bond donors (Lipinski definition) is 2. The topological polar surface area (TPSA) is 78.1 Å². The number of nitrogens with zero attached hydrogens (tertiary/aromatic N) is 2. The zero-order valence-electron chi connectivity index (χ0n) is 15.5. The summed E-state index contributed by atoms with van der Waals surface area (Å²) in [5.41, 5.74) is 2.13. The highest BCUT2D eigenvalue weighted by Gasteiger charge is 2.23. The highest BCUT2D eigenvalue weighted by Crippen LogP contribution is 2.19. The van der Waals surface area contributed by atoms with Crippen LogP contribution in [-0.4, -0.2) is 51.3 Å². The summed E-state index contributed by atoms with van der Waals surface area (Å²) >= 11 is 7.75. The number of hydrogen-bond acceptors (Lipinski definition) is 4. The molecule has 29 heavy (non-hydrogen) atoms. The molecule has 4 rings (SSSR count). The first kappa shape index (κ1) is 19.5. The minimum Gasteiger partial charge on any atom is -0.349 e. The van der Waals surface area contributed by atoms with Crippen LogP contribution < -0.4 is 5.32 Å². The van der Waals surface area contributed by atoms with Crippen LogP contribution in [0.2, 0.25) is 5.15 Å². The van der Waals surface area contributed by atoms with Crippen LogP contribution >= 0.6 is 23.4 Å². The van der Waals surface area contributed by atoms with Crippen molar-refractivity contribution in [1.82, 2.24) is 20.2 Å². The number of nitrogens with one attached hydrogen (secondary N) is 2. The molecule has 8 heteroatoms. The van der Waals surface area contributed by atoms with E-state index in [0.29, 0.717) is 29.5 Å². The Hall–Kier alpha value is -2.77. The number of pyridine rings is 1. The summed E-state index contributed by atoms with van der Waals surface area (Å²) in [7, 11) is 0. The summed E-state index contributed by atoms with van der Waals surface area (Å²) < 4.78 is 0. The molecule has 2 N–H and O–H groups in total. The standard InChI is InChI=1S/C21H19ClN4O2S/c22-19-12-15-11-16(24-18(15)13-23-19)20(27)25-17(10-14-4-2-1-3-5-14)21(28)26-6-8-29-9-7-26/h1-5,10-13,24H,6-9H2,(H,25,27). The molecular weight excluding hydrogens is 408 g/mol. The monoisotopic (exact) mass is 426 g/mol. The van der Waals surface area contributed by atoms with Crippen molar-refractivity contribution in [3.63, 3.8) is 0 Å². The van der Waals surface area contributed by atoms with Crippen LogP contribution in [0.4, 0.5) is 0 Å². The van der Waals surface area contributed by atoms with Crippen LogP contribution in [-0.2, 0) is 4.79 Å². The summed E-state index contributed by atoms with van der Waals surface area (Å²) in [6, 6.07) is 12.8. The van der Waals surface area contributed by atoms with Gasteiger partial charge in [0.25, 0.3) is 11.8 Å². The maximum absolute atomic E-state index is 13.1. The molecule has 0 saturated carbocycles. The van der Waals surface area contributed by atoms with E-state index < -0.39 is 0 Å². The number of carbonyl (C=O) groups is 2. The average Bonchev–Trinajstić information content (AvgIpc) is 3.17. The average molecular weight is 427 g/mol. The Kier molecular flexibility index (Phi) is 5.87. The fraction of sp³-hybridized carbons (Fsp3) is 0.190. The predicted molar refractivity (Wildman–Crippen MR) is 117 cm³/mol. The molecule has 2 amide bonds. The minimum absolute atomic E-state index is 0.177. The number of thioether (sulfide) groups is 1. The lowest BCUT2D eigenvalue weighted by Crippen LogP contribution is -2.42. The number of halogens is 1. The lowest BCUT2D eigenvalue weighted by atomic mass is 10.1. The number of benzene rings is 1. The van der Waals surface area contributed by atoms with Gasteiger partial charge < -0.3 is 15.2 Å². The van der Waals surface area contributed by atoms with Gasteiger partial charge >= 0.3 is 0 Å². The van der Waals surface area contributed by atoms with E-state index in [4.69, 9.17) is 11.6 Å². The number of rotatable bonds is 4. The maximum atomic E-state index is 13.1. The van der Waals surface area contributed by atoms with E-state index in [1.807, 2.05) is 42.1 Å². The number of fused-ring (bicyclic) bond motifs is 1. The third kappa shape index (κ3) is 4.63. The fourth-order valence-electron chi connectivity index (χ4n) is 3.12. The van der Waals surface area contributed by atoms with Crippen LogP contribution in [0.5, 0.6) is 0 Å². The molecule has 0 aliphatic carbocycles. The van der Waals surface area contributed by atoms with Crippen molar-refractivity contribution in [2.45, 2.75) is 0 Å². The molecule has 0 radical (unpaired) electrons. The second-order valence-corrected chi connectivity index (χ2v) is 8.22. The van der Waals surface area contributed by atoms with Crippen molar-refractivity contribution in [2.75, 3.05) is 24.6 Å². The van der Waals surface area contributed by atoms with Crippen molar-refractivity contribution in [1.29, 1.82) is 0 Å². The summed E-state index contributed by atoms with van der Waals surface area (Å²) in [5, 5.41) is 3.93. The van der Waals surface area contributed by atoms with Crippen LogP contribution in [0.3, 0.4) is 0 Å². The summed E-state index contributed by atoms with van der Waals surface area (Å²) in [5.74, 6) is 1.23. The van der Waals surface area contributed by atoms with Crippen LogP contribution in [0.25, 0.3) is 17.0 Å². The Morgan fingerprint density at radius 3 is 2.69 bits per heavy atom. The van der Waals surface area contributed by atoms with Crippen molar-refractivity contribution in [2.24, 2.45) is 0 Å². The summed E-state index contributed by atoms with van der Waals surface area (Å²) in [4.78, 5) is 34.8. The van der Waals surface area contributed by atoms with Gasteiger partial charge in [-0.3, -0.25) is 9.59 Å². The first-order valence-corrected chi connectivity index (χ1v) is 10.7. The Balaban J connectivity index is 1.62. The quantitative estimate of drug-likeness (QED) is 0.494. The van der Waals surface area contributed by atoms with Gasteiger partial charge in [-0.25, -0.2) is 4.98 Å². The molecule has 3 aromatic rings. The molecule has 6 nitrogen and oxygen atoms in total. The van der Waals surface area contributed by atoms with Gasteiger partial charge in [-0.15, -0.1) is 0 Å². The zero-order valence-corrected chi connectivity index (χ0v) is 17.1. The molecule has 0 unspecified atom stereocenters. The van der Waals surface area contributed by atoms with E-state index in [1.54, 1.807) is 29.3 Å². The van der Waals surface area contributed by atoms with Gasteiger partial charge in [0.05, 0.1) is 11.7 Å². The van der Waals surface area contributed by atoms with Gasteiger partial charge in [0.2, 0.25) is 0 Å². The third-order valence-electron chi connectivity index (χ3n) is 4.60. The van der Waals surface area contributed by atoms with Crippen molar-refractivity contribution < 1.29 is 9.59 Å². The van der Waals surface area contributed by atoms with E-state index in [9.17, 15) is 9.59 Å². The number of carbonyl (C=O) groups excluding carboxylic acids is 2. The lowest BCUT2D eigenvalue weighted by molar-refractivity contribution is -0.127. The maximum Gasteiger partial charge on any atom is 0.272 e. The normalized spacial score (nSPS) is 14.8. The Labute approximate surface area is 177 Å². The zero-order chi connectivity index (χ0) is 20.2.